The number of ketones is 2. The average molecular weight is 346 g/mol. The zero-order valence-corrected chi connectivity index (χ0v) is 15.5. The van der Waals surface area contributed by atoms with Crippen molar-refractivity contribution in [2.45, 2.75) is 71.5 Å². The van der Waals surface area contributed by atoms with Crippen molar-refractivity contribution in [2.75, 3.05) is 0 Å². The monoisotopic (exact) mass is 346 g/mol. The summed E-state index contributed by atoms with van der Waals surface area (Å²) in [6, 6.07) is 0. The summed E-state index contributed by atoms with van der Waals surface area (Å²) < 4.78 is 0. The standard InChI is InChI=1S/C21H30O4/c1-12(22)15-6-7-16-14-5-4-13-10-18(23)21(24,25)11-20(13,3)17(14)8-9-19(15,16)2/h10,14-17,24-25H,4-9,11H2,1-3H3/t14-,15-,16-,17-,19+,20-/m0/s1. The number of carbonyl (C=O) groups is 2. The van der Waals surface area contributed by atoms with Gasteiger partial charge < -0.3 is 10.2 Å². The van der Waals surface area contributed by atoms with Crippen LogP contribution in [0.4, 0.5) is 0 Å². The summed E-state index contributed by atoms with van der Waals surface area (Å²) in [6.07, 6.45) is 7.72. The second-order valence-electron chi connectivity index (χ2n) is 9.65. The Bertz CT molecular complexity index is 663. The first-order valence-corrected chi connectivity index (χ1v) is 9.80. The van der Waals surface area contributed by atoms with Gasteiger partial charge in [0.25, 0.3) is 0 Å². The quantitative estimate of drug-likeness (QED) is 0.716. The Morgan fingerprint density at radius 2 is 1.84 bits per heavy atom. The predicted molar refractivity (Wildman–Crippen MR) is 93.4 cm³/mol. The molecule has 0 spiro atoms. The molecule has 0 saturated heterocycles. The first-order valence-electron chi connectivity index (χ1n) is 9.80. The number of Topliss-reactive ketones (excluding diaryl/α,β-unsaturated/α-hetero) is 1. The Hall–Kier alpha value is -1.00. The van der Waals surface area contributed by atoms with Crippen molar-refractivity contribution in [1.29, 1.82) is 0 Å². The van der Waals surface area contributed by atoms with Crippen LogP contribution in [0.1, 0.15) is 65.7 Å². The van der Waals surface area contributed by atoms with Gasteiger partial charge in [-0.3, -0.25) is 9.59 Å². The summed E-state index contributed by atoms with van der Waals surface area (Å²) >= 11 is 0. The van der Waals surface area contributed by atoms with Crippen LogP contribution >= 0.6 is 0 Å². The number of carbonyl (C=O) groups excluding carboxylic acids is 2. The fourth-order valence-corrected chi connectivity index (χ4v) is 7.35. The highest BCUT2D eigenvalue weighted by Gasteiger charge is 2.61. The predicted octanol–water partition coefficient (Wildman–Crippen LogP) is 3.01. The minimum absolute atomic E-state index is 0.102. The molecule has 25 heavy (non-hydrogen) atoms. The van der Waals surface area contributed by atoms with Crippen LogP contribution in [0.25, 0.3) is 0 Å². The van der Waals surface area contributed by atoms with E-state index in [0.29, 0.717) is 23.5 Å². The molecule has 138 valence electrons. The van der Waals surface area contributed by atoms with Crippen LogP contribution in [-0.4, -0.2) is 27.6 Å². The first-order chi connectivity index (χ1) is 11.6. The number of fused-ring (bicyclic) bond motifs is 5. The highest BCUT2D eigenvalue weighted by molar-refractivity contribution is 5.97. The molecule has 3 fully saturated rings. The van der Waals surface area contributed by atoms with Crippen LogP contribution in [0.5, 0.6) is 0 Å². The van der Waals surface area contributed by atoms with Crippen LogP contribution in [0.2, 0.25) is 0 Å². The highest BCUT2D eigenvalue weighted by Crippen LogP contribution is 2.67. The Morgan fingerprint density at radius 3 is 2.52 bits per heavy atom. The number of allylic oxidation sites excluding steroid dienone is 1. The van der Waals surface area contributed by atoms with Crippen molar-refractivity contribution in [2.24, 2.45) is 34.5 Å². The van der Waals surface area contributed by atoms with E-state index in [2.05, 4.69) is 13.8 Å². The molecule has 4 rings (SSSR count). The third-order valence-electron chi connectivity index (χ3n) is 8.54. The summed E-state index contributed by atoms with van der Waals surface area (Å²) in [6.45, 7) is 6.18. The smallest absolute Gasteiger partial charge is 0.228 e. The van der Waals surface area contributed by atoms with E-state index in [1.165, 1.54) is 6.08 Å². The van der Waals surface area contributed by atoms with Crippen LogP contribution in [0.3, 0.4) is 0 Å². The fraction of sp³-hybridized carbons (Fsp3) is 0.810. The lowest BCUT2D eigenvalue weighted by atomic mass is 9.46. The van der Waals surface area contributed by atoms with E-state index in [0.717, 1.165) is 44.1 Å². The van der Waals surface area contributed by atoms with Crippen LogP contribution < -0.4 is 0 Å². The van der Waals surface area contributed by atoms with E-state index in [-0.39, 0.29) is 23.2 Å². The average Bonchev–Trinajstić information content (AvgIpc) is 2.86. The summed E-state index contributed by atoms with van der Waals surface area (Å²) in [7, 11) is 0. The maximum Gasteiger partial charge on any atom is 0.228 e. The van der Waals surface area contributed by atoms with E-state index in [9.17, 15) is 19.8 Å². The van der Waals surface area contributed by atoms with Gasteiger partial charge in [0.2, 0.25) is 11.6 Å². The topological polar surface area (TPSA) is 74.6 Å². The second kappa shape index (κ2) is 5.26. The molecule has 0 amide bonds. The summed E-state index contributed by atoms with van der Waals surface area (Å²) in [5, 5.41) is 20.4. The zero-order chi connectivity index (χ0) is 18.2. The van der Waals surface area contributed by atoms with E-state index < -0.39 is 11.6 Å². The van der Waals surface area contributed by atoms with E-state index in [1.807, 2.05) is 0 Å². The SMILES string of the molecule is CC(=O)[C@@H]1CC[C@H]2[C@@H]3CCC4=CC(=O)C(O)(O)C[C@]4(C)[C@H]3CC[C@]12C. The molecule has 0 radical (unpaired) electrons. The Morgan fingerprint density at radius 1 is 1.12 bits per heavy atom. The lowest BCUT2D eigenvalue weighted by molar-refractivity contribution is -0.199. The van der Waals surface area contributed by atoms with Crippen LogP contribution in [0.15, 0.2) is 11.6 Å². The Balaban J connectivity index is 1.69. The minimum Gasteiger partial charge on any atom is -0.359 e. The normalized spacial score (nSPS) is 48.2. The van der Waals surface area contributed by atoms with E-state index >= 15 is 0 Å². The van der Waals surface area contributed by atoms with Crippen LogP contribution in [-0.2, 0) is 9.59 Å². The molecule has 0 heterocycles. The lowest BCUT2D eigenvalue weighted by Gasteiger charge is -2.58. The molecule has 4 nitrogen and oxygen atoms in total. The number of rotatable bonds is 1. The van der Waals surface area contributed by atoms with Gasteiger partial charge in [0.05, 0.1) is 0 Å². The zero-order valence-electron chi connectivity index (χ0n) is 15.5. The molecular formula is C21H30O4. The second-order valence-corrected chi connectivity index (χ2v) is 9.65. The largest absolute Gasteiger partial charge is 0.359 e. The lowest BCUT2D eigenvalue weighted by Crippen LogP contribution is -2.55. The third kappa shape index (κ3) is 2.26. The molecule has 0 unspecified atom stereocenters. The molecule has 0 aliphatic heterocycles. The molecule has 6 atom stereocenters. The Kier molecular flexibility index (Phi) is 3.66. The third-order valence-corrected chi connectivity index (χ3v) is 8.54. The van der Waals surface area contributed by atoms with Gasteiger partial charge in [-0.05, 0) is 80.1 Å². The fourth-order valence-electron chi connectivity index (χ4n) is 7.35. The summed E-state index contributed by atoms with van der Waals surface area (Å²) in [5.74, 6) is -0.819. The van der Waals surface area contributed by atoms with Crippen molar-refractivity contribution in [1.82, 2.24) is 0 Å². The van der Waals surface area contributed by atoms with Gasteiger partial charge in [0, 0.05) is 12.3 Å². The molecular weight excluding hydrogens is 316 g/mol. The van der Waals surface area contributed by atoms with Gasteiger partial charge in [0.15, 0.2) is 0 Å². The molecule has 4 aliphatic rings. The van der Waals surface area contributed by atoms with Gasteiger partial charge in [-0.15, -0.1) is 0 Å². The number of hydrogen-bond donors (Lipinski definition) is 2. The van der Waals surface area contributed by atoms with Crippen molar-refractivity contribution in [3.63, 3.8) is 0 Å². The molecule has 0 bridgehead atoms. The summed E-state index contributed by atoms with van der Waals surface area (Å²) in [4.78, 5) is 24.2. The maximum absolute atomic E-state index is 12.2. The molecule has 4 aliphatic carbocycles. The van der Waals surface area contributed by atoms with Gasteiger partial charge in [-0.25, -0.2) is 0 Å². The van der Waals surface area contributed by atoms with Gasteiger partial charge >= 0.3 is 0 Å². The molecule has 3 saturated carbocycles. The molecule has 0 aromatic carbocycles. The number of aliphatic hydroxyl groups is 2. The highest BCUT2D eigenvalue weighted by atomic mass is 16.5. The molecule has 4 heteroatoms. The maximum atomic E-state index is 12.2. The van der Waals surface area contributed by atoms with Crippen LogP contribution in [0, 0.1) is 34.5 Å². The van der Waals surface area contributed by atoms with Crippen molar-refractivity contribution < 1.29 is 19.8 Å². The number of hydrogen-bond acceptors (Lipinski definition) is 4. The first kappa shape index (κ1) is 17.4. The Labute approximate surface area is 149 Å². The van der Waals surface area contributed by atoms with Crippen molar-refractivity contribution >= 4 is 11.6 Å². The molecule has 0 aromatic rings. The van der Waals surface area contributed by atoms with Gasteiger partial charge in [-0.2, -0.15) is 0 Å². The van der Waals surface area contributed by atoms with E-state index in [1.54, 1.807) is 6.92 Å². The molecule has 2 N–H and O–H groups in total. The molecule has 0 aromatic heterocycles. The van der Waals surface area contributed by atoms with Crippen molar-refractivity contribution in [3.8, 4) is 0 Å². The van der Waals surface area contributed by atoms with E-state index in [4.69, 9.17) is 0 Å². The van der Waals surface area contributed by atoms with Gasteiger partial charge in [0.1, 0.15) is 5.78 Å². The summed E-state index contributed by atoms with van der Waals surface area (Å²) in [5.41, 5.74) is 0.905. The minimum atomic E-state index is -2.22. The van der Waals surface area contributed by atoms with Gasteiger partial charge in [-0.1, -0.05) is 19.4 Å². The van der Waals surface area contributed by atoms with Crippen molar-refractivity contribution in [3.05, 3.63) is 11.6 Å².